The minimum Gasteiger partial charge on any atom is -0.457 e. The summed E-state index contributed by atoms with van der Waals surface area (Å²) < 4.78 is 11.2. The Morgan fingerprint density at radius 1 is 1.50 bits per heavy atom. The first-order valence-corrected chi connectivity index (χ1v) is 3.99. The van der Waals surface area contributed by atoms with Gasteiger partial charge in [0.15, 0.2) is 4.67 Å². The van der Waals surface area contributed by atoms with E-state index in [1.54, 1.807) is 6.26 Å². The number of furan rings is 1. The van der Waals surface area contributed by atoms with Gasteiger partial charge in [-0.1, -0.05) is 0 Å². The smallest absolute Gasteiger partial charge is 0.172 e. The number of rotatable bonds is 0. The zero-order valence-corrected chi connectivity index (χ0v) is 6.98. The normalized spacial score (nSPS) is 16.9. The van der Waals surface area contributed by atoms with Crippen LogP contribution in [0.3, 0.4) is 0 Å². The van der Waals surface area contributed by atoms with E-state index in [2.05, 4.69) is 15.9 Å². The van der Waals surface area contributed by atoms with Gasteiger partial charge in [-0.05, 0) is 15.9 Å². The monoisotopic (exact) mass is 202 g/mol. The van der Waals surface area contributed by atoms with Crippen LogP contribution in [-0.4, -0.2) is 6.61 Å². The first-order valence-electron chi connectivity index (χ1n) is 3.20. The predicted octanol–water partition coefficient (Wildman–Crippen LogP) is 2.11. The fraction of sp³-hybridized carbons (Fsp3) is 0.429. The van der Waals surface area contributed by atoms with Crippen molar-refractivity contribution in [2.45, 2.75) is 13.0 Å². The molecule has 1 aromatic rings. The van der Waals surface area contributed by atoms with Crippen LogP contribution in [0.5, 0.6) is 0 Å². The average molecular weight is 203 g/mol. The Morgan fingerprint density at radius 2 is 2.40 bits per heavy atom. The van der Waals surface area contributed by atoms with Crippen LogP contribution in [0.2, 0.25) is 0 Å². The molecule has 10 heavy (non-hydrogen) atoms. The van der Waals surface area contributed by atoms with Crippen LogP contribution >= 0.6 is 15.9 Å². The average Bonchev–Trinajstić information content (AvgIpc) is 2.34. The molecule has 0 N–H and O–H groups in total. The molecular weight excluding hydrogens is 196 g/mol. The summed E-state index contributed by atoms with van der Waals surface area (Å²) in [4.78, 5) is 0. The van der Waals surface area contributed by atoms with Crippen LogP contribution in [0.4, 0.5) is 0 Å². The summed E-state index contributed by atoms with van der Waals surface area (Å²) in [5, 5.41) is 0. The maximum atomic E-state index is 5.23. The molecule has 1 aliphatic rings. The zero-order chi connectivity index (χ0) is 6.97. The maximum absolute atomic E-state index is 5.23. The number of hydrogen-bond donors (Lipinski definition) is 0. The molecule has 0 bridgehead atoms. The van der Waals surface area contributed by atoms with Crippen molar-refractivity contribution >= 4 is 15.9 Å². The SMILES string of the molecule is Brc1occ2c1CCOC2. The van der Waals surface area contributed by atoms with Crippen LogP contribution < -0.4 is 0 Å². The fourth-order valence-corrected chi connectivity index (χ4v) is 1.67. The van der Waals surface area contributed by atoms with E-state index in [-0.39, 0.29) is 0 Å². The number of hydrogen-bond acceptors (Lipinski definition) is 2. The van der Waals surface area contributed by atoms with Crippen molar-refractivity contribution in [3.05, 3.63) is 22.1 Å². The summed E-state index contributed by atoms with van der Waals surface area (Å²) in [6.45, 7) is 1.51. The highest BCUT2D eigenvalue weighted by Gasteiger charge is 2.15. The molecule has 2 heterocycles. The Balaban J connectivity index is 2.45. The molecule has 1 aromatic heterocycles. The minimum absolute atomic E-state index is 0.699. The van der Waals surface area contributed by atoms with Gasteiger partial charge in [-0.25, -0.2) is 0 Å². The van der Waals surface area contributed by atoms with Gasteiger partial charge in [0.25, 0.3) is 0 Å². The van der Waals surface area contributed by atoms with E-state index >= 15 is 0 Å². The standard InChI is InChI=1S/C7H7BrO2/c8-7-6-1-2-9-3-5(6)4-10-7/h4H,1-3H2. The Morgan fingerprint density at radius 3 is 3.20 bits per heavy atom. The molecule has 0 saturated heterocycles. The third kappa shape index (κ3) is 0.896. The molecule has 0 aromatic carbocycles. The maximum Gasteiger partial charge on any atom is 0.172 e. The van der Waals surface area contributed by atoms with Crippen LogP contribution in [0.15, 0.2) is 15.3 Å². The molecule has 1 aliphatic heterocycles. The van der Waals surface area contributed by atoms with Crippen molar-refractivity contribution in [1.82, 2.24) is 0 Å². The summed E-state index contributed by atoms with van der Waals surface area (Å²) in [5.41, 5.74) is 2.45. The molecule has 0 radical (unpaired) electrons. The van der Waals surface area contributed by atoms with Crippen molar-refractivity contribution in [3.63, 3.8) is 0 Å². The second-order valence-corrected chi connectivity index (χ2v) is 3.04. The van der Waals surface area contributed by atoms with Crippen LogP contribution in [0.1, 0.15) is 11.1 Å². The summed E-state index contributed by atoms with van der Waals surface area (Å²) in [6, 6.07) is 0. The Labute approximate surface area is 67.3 Å². The van der Waals surface area contributed by atoms with Gasteiger partial charge in [0.05, 0.1) is 19.5 Å². The highest BCUT2D eigenvalue weighted by molar-refractivity contribution is 9.10. The third-order valence-corrected chi connectivity index (χ3v) is 2.35. The van der Waals surface area contributed by atoms with Gasteiger partial charge in [-0.3, -0.25) is 0 Å². The third-order valence-electron chi connectivity index (χ3n) is 1.68. The van der Waals surface area contributed by atoms with Crippen molar-refractivity contribution < 1.29 is 9.15 Å². The molecule has 2 rings (SSSR count). The molecule has 54 valence electrons. The van der Waals surface area contributed by atoms with E-state index in [4.69, 9.17) is 9.15 Å². The van der Waals surface area contributed by atoms with Crippen LogP contribution in [0, 0.1) is 0 Å². The molecule has 0 amide bonds. The van der Waals surface area contributed by atoms with Gasteiger partial charge in [0, 0.05) is 17.5 Å². The first kappa shape index (κ1) is 6.43. The number of halogens is 1. The van der Waals surface area contributed by atoms with Crippen molar-refractivity contribution in [3.8, 4) is 0 Å². The lowest BCUT2D eigenvalue weighted by molar-refractivity contribution is 0.111. The van der Waals surface area contributed by atoms with E-state index in [1.165, 1.54) is 11.1 Å². The van der Waals surface area contributed by atoms with Gasteiger partial charge >= 0.3 is 0 Å². The molecule has 2 nitrogen and oxygen atoms in total. The molecule has 0 spiro atoms. The topological polar surface area (TPSA) is 22.4 Å². The lowest BCUT2D eigenvalue weighted by Gasteiger charge is -2.10. The van der Waals surface area contributed by atoms with E-state index in [9.17, 15) is 0 Å². The van der Waals surface area contributed by atoms with E-state index in [0.29, 0.717) is 6.61 Å². The van der Waals surface area contributed by atoms with Gasteiger partial charge in [0.1, 0.15) is 0 Å². The number of ether oxygens (including phenoxy) is 1. The highest BCUT2D eigenvalue weighted by Crippen LogP contribution is 2.26. The Kier molecular flexibility index (Phi) is 1.54. The lowest BCUT2D eigenvalue weighted by Crippen LogP contribution is -2.07. The van der Waals surface area contributed by atoms with Gasteiger partial charge in [-0.15, -0.1) is 0 Å². The summed E-state index contributed by atoms with van der Waals surface area (Å²) in [7, 11) is 0. The Hall–Kier alpha value is -0.280. The molecule has 0 unspecified atom stereocenters. The summed E-state index contributed by atoms with van der Waals surface area (Å²) in [5.74, 6) is 0. The number of fused-ring (bicyclic) bond motifs is 1. The van der Waals surface area contributed by atoms with Crippen molar-refractivity contribution in [1.29, 1.82) is 0 Å². The zero-order valence-electron chi connectivity index (χ0n) is 5.39. The fourth-order valence-electron chi connectivity index (χ4n) is 1.13. The lowest BCUT2D eigenvalue weighted by atomic mass is 10.1. The van der Waals surface area contributed by atoms with E-state index in [0.717, 1.165) is 17.7 Å². The van der Waals surface area contributed by atoms with E-state index in [1.807, 2.05) is 0 Å². The first-order chi connectivity index (χ1) is 4.88. The van der Waals surface area contributed by atoms with Crippen LogP contribution in [-0.2, 0) is 17.8 Å². The van der Waals surface area contributed by atoms with Gasteiger partial charge in [0.2, 0.25) is 0 Å². The van der Waals surface area contributed by atoms with Gasteiger partial charge in [-0.2, -0.15) is 0 Å². The highest BCUT2D eigenvalue weighted by atomic mass is 79.9. The molecule has 0 saturated carbocycles. The largest absolute Gasteiger partial charge is 0.457 e. The predicted molar refractivity (Wildman–Crippen MR) is 39.8 cm³/mol. The second-order valence-electron chi connectivity index (χ2n) is 2.32. The summed E-state index contributed by atoms with van der Waals surface area (Å²) >= 11 is 3.33. The second kappa shape index (κ2) is 2.40. The molecular formula is C7H7BrO2. The summed E-state index contributed by atoms with van der Waals surface area (Å²) in [6.07, 6.45) is 2.71. The molecule has 0 fully saturated rings. The quantitative estimate of drug-likeness (QED) is 0.644. The minimum atomic E-state index is 0.699. The van der Waals surface area contributed by atoms with Crippen molar-refractivity contribution in [2.75, 3.05) is 6.61 Å². The van der Waals surface area contributed by atoms with Gasteiger partial charge < -0.3 is 9.15 Å². The van der Waals surface area contributed by atoms with Crippen molar-refractivity contribution in [2.24, 2.45) is 0 Å². The van der Waals surface area contributed by atoms with E-state index < -0.39 is 0 Å². The Bertz CT molecular complexity index is 242. The molecule has 3 heteroatoms. The van der Waals surface area contributed by atoms with Crippen LogP contribution in [0.25, 0.3) is 0 Å². The molecule has 0 atom stereocenters. The molecule has 0 aliphatic carbocycles.